The molecule has 0 saturated carbocycles. The number of rotatable bonds is 8. The first-order valence-corrected chi connectivity index (χ1v) is 10.1. The minimum absolute atomic E-state index is 0.0917. The second kappa shape index (κ2) is 8.22. The number of carbonyl (C=O) groups is 1. The number of benzene rings is 1. The lowest BCUT2D eigenvalue weighted by molar-refractivity contribution is 0.104. The van der Waals surface area contributed by atoms with Crippen molar-refractivity contribution in [2.75, 3.05) is 25.0 Å². The lowest BCUT2D eigenvalue weighted by Crippen LogP contribution is -2.26. The van der Waals surface area contributed by atoms with Crippen LogP contribution in [0, 0.1) is 13.8 Å². The number of fused-ring (bicyclic) bond motifs is 3. The third-order valence-corrected chi connectivity index (χ3v) is 5.73. The van der Waals surface area contributed by atoms with Gasteiger partial charge in [-0.25, -0.2) is 0 Å². The monoisotopic (exact) mass is 365 g/mol. The highest BCUT2D eigenvalue weighted by atomic mass is 16.1. The van der Waals surface area contributed by atoms with E-state index in [4.69, 9.17) is 4.98 Å². The minimum Gasteiger partial charge on any atom is -0.382 e. The van der Waals surface area contributed by atoms with Crippen LogP contribution in [-0.4, -0.2) is 41.3 Å². The van der Waals surface area contributed by atoms with Crippen LogP contribution in [0.3, 0.4) is 0 Å². The normalized spacial score (nSPS) is 13.6. The first kappa shape index (κ1) is 19.6. The Morgan fingerprint density at radius 2 is 1.78 bits per heavy atom. The Bertz CT molecular complexity index is 840. The smallest absolute Gasteiger partial charge is 0.198 e. The molecule has 0 radical (unpaired) electrons. The Morgan fingerprint density at radius 3 is 2.44 bits per heavy atom. The van der Waals surface area contributed by atoms with Gasteiger partial charge in [0.05, 0.1) is 16.9 Å². The Kier molecular flexibility index (Phi) is 5.95. The molecule has 1 unspecified atom stereocenters. The topological polar surface area (TPSA) is 45.2 Å². The van der Waals surface area contributed by atoms with E-state index in [0.29, 0.717) is 6.04 Å². The van der Waals surface area contributed by atoms with Crippen LogP contribution in [0.25, 0.3) is 11.3 Å². The molecule has 1 aliphatic rings. The van der Waals surface area contributed by atoms with Gasteiger partial charge in [0.25, 0.3) is 0 Å². The van der Waals surface area contributed by atoms with E-state index in [1.807, 2.05) is 31.2 Å². The van der Waals surface area contributed by atoms with Gasteiger partial charge in [-0.3, -0.25) is 9.78 Å². The number of hydrogen-bond acceptors (Lipinski definition) is 4. The summed E-state index contributed by atoms with van der Waals surface area (Å²) in [5, 5.41) is 3.65. The quantitative estimate of drug-likeness (QED) is 0.621. The highest BCUT2D eigenvalue weighted by Gasteiger charge is 2.32. The summed E-state index contributed by atoms with van der Waals surface area (Å²) in [4.78, 5) is 20.3. The molecule has 1 N–H and O–H groups in total. The fourth-order valence-corrected chi connectivity index (χ4v) is 3.89. The molecule has 1 aliphatic carbocycles. The summed E-state index contributed by atoms with van der Waals surface area (Å²) < 4.78 is 0. The van der Waals surface area contributed by atoms with Crippen molar-refractivity contribution in [2.24, 2.45) is 0 Å². The Labute approximate surface area is 163 Å². The number of pyridine rings is 1. The highest BCUT2D eigenvalue weighted by Crippen LogP contribution is 2.41. The van der Waals surface area contributed by atoms with E-state index in [9.17, 15) is 4.79 Å². The number of aromatic nitrogens is 1. The zero-order chi connectivity index (χ0) is 19.6. The van der Waals surface area contributed by atoms with Crippen LogP contribution in [0.5, 0.6) is 0 Å². The van der Waals surface area contributed by atoms with Gasteiger partial charge in [0.2, 0.25) is 0 Å². The molecule has 2 aromatic rings. The molecule has 0 amide bonds. The van der Waals surface area contributed by atoms with Gasteiger partial charge in [0, 0.05) is 22.9 Å². The van der Waals surface area contributed by atoms with E-state index in [-0.39, 0.29) is 5.78 Å². The Balaban J connectivity index is 1.83. The zero-order valence-corrected chi connectivity index (χ0v) is 17.2. The van der Waals surface area contributed by atoms with Gasteiger partial charge in [-0.2, -0.15) is 0 Å². The number of aryl methyl sites for hydroxylation is 1. The van der Waals surface area contributed by atoms with Gasteiger partial charge >= 0.3 is 0 Å². The SMILES string of the molecule is CCN(CC)CCCC(C)Nc1c(C)c(C)nc2c1C(=O)c1ccccc1-2. The highest BCUT2D eigenvalue weighted by molar-refractivity contribution is 6.24. The van der Waals surface area contributed by atoms with E-state index in [1.165, 1.54) is 0 Å². The summed E-state index contributed by atoms with van der Waals surface area (Å²) >= 11 is 0. The van der Waals surface area contributed by atoms with Crippen LogP contribution in [0.15, 0.2) is 24.3 Å². The fraction of sp³-hybridized carbons (Fsp3) is 0.478. The second-order valence-electron chi connectivity index (χ2n) is 7.51. The molecule has 3 rings (SSSR count). The fourth-order valence-electron chi connectivity index (χ4n) is 3.89. The van der Waals surface area contributed by atoms with Crippen LogP contribution >= 0.6 is 0 Å². The molecule has 1 atom stereocenters. The first-order valence-electron chi connectivity index (χ1n) is 10.1. The molecular formula is C23H31N3O. The molecular weight excluding hydrogens is 334 g/mol. The van der Waals surface area contributed by atoms with E-state index in [0.717, 1.165) is 71.8 Å². The largest absolute Gasteiger partial charge is 0.382 e. The molecule has 1 aromatic carbocycles. The van der Waals surface area contributed by atoms with E-state index >= 15 is 0 Å². The summed E-state index contributed by atoms with van der Waals surface area (Å²) in [5.74, 6) is 0.0917. The van der Waals surface area contributed by atoms with Crippen LogP contribution < -0.4 is 5.32 Å². The van der Waals surface area contributed by atoms with Gasteiger partial charge < -0.3 is 10.2 Å². The van der Waals surface area contributed by atoms with Gasteiger partial charge in [-0.05, 0) is 58.8 Å². The third-order valence-electron chi connectivity index (χ3n) is 5.73. The van der Waals surface area contributed by atoms with Crippen molar-refractivity contribution in [3.8, 4) is 11.3 Å². The van der Waals surface area contributed by atoms with Crippen LogP contribution in [-0.2, 0) is 0 Å². The molecule has 4 heteroatoms. The second-order valence-corrected chi connectivity index (χ2v) is 7.51. The van der Waals surface area contributed by atoms with E-state index in [1.54, 1.807) is 0 Å². The Morgan fingerprint density at radius 1 is 1.11 bits per heavy atom. The lowest BCUT2D eigenvalue weighted by atomic mass is 10.0. The zero-order valence-electron chi connectivity index (χ0n) is 17.2. The van der Waals surface area contributed by atoms with E-state index in [2.05, 4.69) is 37.9 Å². The molecule has 0 bridgehead atoms. The summed E-state index contributed by atoms with van der Waals surface area (Å²) in [6.45, 7) is 14.0. The standard InChI is InChI=1S/C23H31N3O/c1-6-26(7-2)14-10-11-15(3)24-21-16(4)17(5)25-22-18-12-8-9-13-19(18)23(27)20(21)22/h8-9,12-13,15H,6-7,10-11,14H2,1-5H3,(H,24,25). The molecule has 27 heavy (non-hydrogen) atoms. The Hall–Kier alpha value is -2.20. The van der Waals surface area contributed by atoms with Crippen LogP contribution in [0.4, 0.5) is 5.69 Å². The van der Waals surface area contributed by atoms with Gasteiger partial charge in [-0.15, -0.1) is 0 Å². The third kappa shape index (κ3) is 3.77. The minimum atomic E-state index is 0.0917. The molecule has 144 valence electrons. The summed E-state index contributed by atoms with van der Waals surface area (Å²) in [5.41, 5.74) is 6.32. The maximum absolute atomic E-state index is 13.0. The van der Waals surface area contributed by atoms with Crippen molar-refractivity contribution in [1.29, 1.82) is 0 Å². The molecule has 0 fully saturated rings. The maximum Gasteiger partial charge on any atom is 0.198 e. The maximum atomic E-state index is 13.0. The summed E-state index contributed by atoms with van der Waals surface area (Å²) in [6, 6.07) is 8.10. The van der Waals surface area contributed by atoms with Crippen molar-refractivity contribution in [1.82, 2.24) is 9.88 Å². The van der Waals surface area contributed by atoms with Crippen molar-refractivity contribution >= 4 is 11.5 Å². The molecule has 0 saturated heterocycles. The average Bonchev–Trinajstić information content (AvgIpc) is 2.95. The van der Waals surface area contributed by atoms with Gasteiger partial charge in [0.1, 0.15) is 0 Å². The number of nitrogens with one attached hydrogen (secondary N) is 1. The van der Waals surface area contributed by atoms with Crippen LogP contribution in [0.2, 0.25) is 0 Å². The molecule has 0 aliphatic heterocycles. The van der Waals surface area contributed by atoms with Crippen molar-refractivity contribution in [2.45, 2.75) is 53.5 Å². The van der Waals surface area contributed by atoms with Crippen molar-refractivity contribution in [3.63, 3.8) is 0 Å². The summed E-state index contributed by atoms with van der Waals surface area (Å²) in [6.07, 6.45) is 2.22. The number of hydrogen-bond donors (Lipinski definition) is 1. The number of anilines is 1. The van der Waals surface area contributed by atoms with E-state index < -0.39 is 0 Å². The predicted molar refractivity (Wildman–Crippen MR) is 113 cm³/mol. The van der Waals surface area contributed by atoms with Crippen LogP contribution in [0.1, 0.15) is 60.8 Å². The summed E-state index contributed by atoms with van der Waals surface area (Å²) in [7, 11) is 0. The molecule has 4 nitrogen and oxygen atoms in total. The number of nitrogens with zero attached hydrogens (tertiary/aromatic N) is 2. The number of ketones is 1. The number of carbonyl (C=O) groups excluding carboxylic acids is 1. The average molecular weight is 366 g/mol. The van der Waals surface area contributed by atoms with Crippen molar-refractivity contribution < 1.29 is 4.79 Å². The lowest BCUT2D eigenvalue weighted by Gasteiger charge is -2.22. The predicted octanol–water partition coefficient (Wildman–Crippen LogP) is 4.83. The van der Waals surface area contributed by atoms with Gasteiger partial charge in [0.15, 0.2) is 5.78 Å². The van der Waals surface area contributed by atoms with Crippen molar-refractivity contribution in [3.05, 3.63) is 46.6 Å². The molecule has 1 heterocycles. The first-order chi connectivity index (χ1) is 13.0. The van der Waals surface area contributed by atoms with Gasteiger partial charge in [-0.1, -0.05) is 38.1 Å². The molecule has 0 spiro atoms. The molecule has 1 aromatic heterocycles.